The van der Waals surface area contributed by atoms with Crippen LogP contribution in [0.5, 0.6) is 0 Å². The summed E-state index contributed by atoms with van der Waals surface area (Å²) >= 11 is 0. The minimum absolute atomic E-state index is 0.120. The Morgan fingerprint density at radius 2 is 1.56 bits per heavy atom. The predicted octanol–water partition coefficient (Wildman–Crippen LogP) is 5.81. The molecule has 0 saturated heterocycles. The maximum absolute atomic E-state index is 14.1. The number of aromatic nitrogens is 3. The highest BCUT2D eigenvalue weighted by Gasteiger charge is 2.24. The fourth-order valence-corrected chi connectivity index (χ4v) is 4.61. The number of amides is 1. The summed E-state index contributed by atoms with van der Waals surface area (Å²) in [6.45, 7) is 8.23. The number of para-hydroxylation sites is 2. The van der Waals surface area contributed by atoms with Crippen molar-refractivity contribution < 1.29 is 4.79 Å². The van der Waals surface area contributed by atoms with E-state index in [0.29, 0.717) is 22.3 Å². The van der Waals surface area contributed by atoms with Crippen LogP contribution in [0.1, 0.15) is 41.2 Å². The molecule has 1 amide bonds. The molecule has 0 aliphatic heterocycles. The number of fused-ring (bicyclic) bond motifs is 2. The second kappa shape index (κ2) is 9.38. The SMILES string of the molecule is Cc1ccc(-c2cc(C(=O)N(Cc3nc4ccccc4c(=O)[nH]3)C(C)C)c3ccccc3n2)c(C)c1. The third-order valence-corrected chi connectivity index (χ3v) is 6.47. The smallest absolute Gasteiger partial charge is 0.258 e. The molecule has 2 aromatic heterocycles. The summed E-state index contributed by atoms with van der Waals surface area (Å²) < 4.78 is 0. The van der Waals surface area contributed by atoms with Crippen LogP contribution in [0.4, 0.5) is 0 Å². The van der Waals surface area contributed by atoms with E-state index in [-0.39, 0.29) is 24.1 Å². The number of rotatable bonds is 5. The first-order chi connectivity index (χ1) is 17.3. The number of H-pyrrole nitrogens is 1. The zero-order valence-corrected chi connectivity index (χ0v) is 20.9. The molecular weight excluding hydrogens is 448 g/mol. The lowest BCUT2D eigenvalue weighted by molar-refractivity contribution is 0.0687. The van der Waals surface area contributed by atoms with E-state index in [0.717, 1.165) is 27.7 Å². The molecule has 0 aliphatic rings. The van der Waals surface area contributed by atoms with Crippen LogP contribution in [0.2, 0.25) is 0 Å². The average molecular weight is 477 g/mol. The molecule has 1 N–H and O–H groups in total. The van der Waals surface area contributed by atoms with Crippen LogP contribution in [0.3, 0.4) is 0 Å². The number of nitrogens with zero attached hydrogens (tertiary/aromatic N) is 3. The molecule has 6 nitrogen and oxygen atoms in total. The molecule has 0 aliphatic carbocycles. The van der Waals surface area contributed by atoms with E-state index < -0.39 is 0 Å². The first-order valence-corrected chi connectivity index (χ1v) is 12.1. The van der Waals surface area contributed by atoms with E-state index in [1.165, 1.54) is 5.56 Å². The Balaban J connectivity index is 1.61. The standard InChI is InChI=1S/C30H28N4O2/c1-18(2)34(17-28-32-26-12-8-6-10-23(26)29(35)33-28)30(36)24-16-27(21-14-13-19(3)15-20(21)4)31-25-11-7-5-9-22(24)25/h5-16,18H,17H2,1-4H3,(H,32,33,35). The molecule has 5 rings (SSSR count). The Kier molecular flexibility index (Phi) is 6.10. The number of aryl methyl sites for hydroxylation is 2. The van der Waals surface area contributed by atoms with Crippen molar-refractivity contribution in [1.82, 2.24) is 19.9 Å². The van der Waals surface area contributed by atoms with Crippen molar-refractivity contribution in [3.63, 3.8) is 0 Å². The summed E-state index contributed by atoms with van der Waals surface area (Å²) in [6, 6.07) is 22.9. The van der Waals surface area contributed by atoms with Crippen molar-refractivity contribution in [3.05, 3.63) is 106 Å². The lowest BCUT2D eigenvalue weighted by Gasteiger charge is -2.27. The summed E-state index contributed by atoms with van der Waals surface area (Å²) in [5.41, 5.74) is 5.78. The van der Waals surface area contributed by atoms with Crippen LogP contribution in [0.15, 0.2) is 77.6 Å². The zero-order valence-electron chi connectivity index (χ0n) is 20.9. The van der Waals surface area contributed by atoms with Crippen molar-refractivity contribution in [3.8, 4) is 11.3 Å². The number of aromatic amines is 1. The largest absolute Gasteiger partial charge is 0.329 e. The van der Waals surface area contributed by atoms with Crippen molar-refractivity contribution in [2.75, 3.05) is 0 Å². The van der Waals surface area contributed by atoms with Gasteiger partial charge in [0, 0.05) is 17.0 Å². The van der Waals surface area contributed by atoms with Gasteiger partial charge < -0.3 is 9.88 Å². The zero-order chi connectivity index (χ0) is 25.4. The van der Waals surface area contributed by atoms with Gasteiger partial charge in [0.25, 0.3) is 11.5 Å². The molecule has 180 valence electrons. The summed E-state index contributed by atoms with van der Waals surface area (Å²) in [4.78, 5) is 40.8. The van der Waals surface area contributed by atoms with Crippen LogP contribution in [0.25, 0.3) is 33.1 Å². The van der Waals surface area contributed by atoms with Crippen LogP contribution >= 0.6 is 0 Å². The van der Waals surface area contributed by atoms with Crippen molar-refractivity contribution in [1.29, 1.82) is 0 Å². The van der Waals surface area contributed by atoms with Gasteiger partial charge >= 0.3 is 0 Å². The van der Waals surface area contributed by atoms with Crippen molar-refractivity contribution in [2.24, 2.45) is 0 Å². The molecule has 5 aromatic rings. The molecular formula is C30H28N4O2. The van der Waals surface area contributed by atoms with Gasteiger partial charge in [-0.2, -0.15) is 0 Å². The van der Waals surface area contributed by atoms with Crippen molar-refractivity contribution in [2.45, 2.75) is 40.3 Å². The van der Waals surface area contributed by atoms with E-state index in [1.54, 1.807) is 11.0 Å². The van der Waals surface area contributed by atoms with Crippen molar-refractivity contribution >= 4 is 27.7 Å². The number of carbonyl (C=O) groups is 1. The fourth-order valence-electron chi connectivity index (χ4n) is 4.61. The molecule has 2 heterocycles. The molecule has 0 bridgehead atoms. The van der Waals surface area contributed by atoms with Gasteiger partial charge in [0.05, 0.1) is 34.2 Å². The van der Waals surface area contributed by atoms with Gasteiger partial charge in [0.2, 0.25) is 0 Å². The molecule has 0 radical (unpaired) electrons. The lowest BCUT2D eigenvalue weighted by Crippen LogP contribution is -2.37. The molecule has 0 fully saturated rings. The van der Waals surface area contributed by atoms with E-state index >= 15 is 0 Å². The van der Waals surface area contributed by atoms with Gasteiger partial charge in [-0.05, 0) is 57.5 Å². The van der Waals surface area contributed by atoms with E-state index in [1.807, 2.05) is 62.4 Å². The number of hydrogen-bond donors (Lipinski definition) is 1. The van der Waals surface area contributed by atoms with Gasteiger partial charge in [0.15, 0.2) is 0 Å². The highest BCUT2D eigenvalue weighted by atomic mass is 16.2. The number of nitrogens with one attached hydrogen (secondary N) is 1. The highest BCUT2D eigenvalue weighted by Crippen LogP contribution is 2.29. The van der Waals surface area contributed by atoms with Crippen LogP contribution in [-0.4, -0.2) is 31.8 Å². The predicted molar refractivity (Wildman–Crippen MR) is 144 cm³/mol. The summed E-state index contributed by atoms with van der Waals surface area (Å²) in [5, 5.41) is 1.32. The minimum Gasteiger partial charge on any atom is -0.329 e. The molecule has 3 aromatic carbocycles. The quantitative estimate of drug-likeness (QED) is 0.347. The summed E-state index contributed by atoms with van der Waals surface area (Å²) in [6.07, 6.45) is 0. The Labute approximate surface area is 209 Å². The second-order valence-electron chi connectivity index (χ2n) is 9.45. The van der Waals surface area contributed by atoms with E-state index in [9.17, 15) is 9.59 Å². The molecule has 6 heteroatoms. The van der Waals surface area contributed by atoms with Gasteiger partial charge in [-0.1, -0.05) is 54.1 Å². The van der Waals surface area contributed by atoms with Crippen LogP contribution in [-0.2, 0) is 6.54 Å². The maximum Gasteiger partial charge on any atom is 0.258 e. The monoisotopic (exact) mass is 476 g/mol. The Hall–Kier alpha value is -4.32. The first-order valence-electron chi connectivity index (χ1n) is 12.1. The molecule has 0 spiro atoms. The Morgan fingerprint density at radius 3 is 2.25 bits per heavy atom. The molecule has 36 heavy (non-hydrogen) atoms. The maximum atomic E-state index is 14.1. The van der Waals surface area contributed by atoms with Gasteiger partial charge in [-0.25, -0.2) is 9.97 Å². The molecule has 0 unspecified atom stereocenters. The highest BCUT2D eigenvalue weighted by molar-refractivity contribution is 6.07. The van der Waals surface area contributed by atoms with E-state index in [4.69, 9.17) is 4.98 Å². The van der Waals surface area contributed by atoms with Gasteiger partial charge in [0.1, 0.15) is 5.82 Å². The topological polar surface area (TPSA) is 79.0 Å². The number of carbonyl (C=O) groups excluding carboxylic acids is 1. The van der Waals surface area contributed by atoms with Crippen LogP contribution < -0.4 is 5.56 Å². The van der Waals surface area contributed by atoms with Gasteiger partial charge in [-0.3, -0.25) is 9.59 Å². The Bertz CT molecular complexity index is 1670. The normalized spacial score (nSPS) is 11.4. The lowest BCUT2D eigenvalue weighted by atomic mass is 9.99. The third-order valence-electron chi connectivity index (χ3n) is 6.47. The summed E-state index contributed by atoms with van der Waals surface area (Å²) in [5.74, 6) is 0.319. The molecule has 0 saturated carbocycles. The van der Waals surface area contributed by atoms with E-state index in [2.05, 4.69) is 42.0 Å². The average Bonchev–Trinajstić information content (AvgIpc) is 2.86. The number of benzene rings is 3. The van der Waals surface area contributed by atoms with Gasteiger partial charge in [-0.15, -0.1) is 0 Å². The summed E-state index contributed by atoms with van der Waals surface area (Å²) in [7, 11) is 0. The Morgan fingerprint density at radius 1 is 0.889 bits per heavy atom. The second-order valence-corrected chi connectivity index (χ2v) is 9.45. The minimum atomic E-state index is -0.210. The number of pyridine rings is 1. The van der Waals surface area contributed by atoms with Crippen LogP contribution in [0, 0.1) is 13.8 Å². The fraction of sp³-hybridized carbons (Fsp3) is 0.200. The molecule has 0 atom stereocenters. The third kappa shape index (κ3) is 4.38. The number of hydrogen-bond acceptors (Lipinski definition) is 4. The first kappa shape index (κ1) is 23.4.